The number of hydrogen-bond acceptors (Lipinski definition) is 6. The van der Waals surface area contributed by atoms with Crippen LogP contribution in [0.2, 0.25) is 0 Å². The Hall–Kier alpha value is -2.94. The van der Waals surface area contributed by atoms with Gasteiger partial charge in [-0.05, 0) is 43.3 Å². The highest BCUT2D eigenvalue weighted by Gasteiger charge is 2.27. The largest absolute Gasteiger partial charge is 0.301 e. The number of anilines is 2. The first-order valence-corrected chi connectivity index (χ1v) is 13.5. The smallest absolute Gasteiger partial charge is 0.251 e. The van der Waals surface area contributed by atoms with Gasteiger partial charge in [-0.1, -0.05) is 65.5 Å². The fourth-order valence-electron chi connectivity index (χ4n) is 3.59. The number of hydrogen-bond donors (Lipinski definition) is 1. The molecule has 0 atom stereocenters. The molecular formula is C26H21N3O2S3. The number of benzene rings is 3. The van der Waals surface area contributed by atoms with Gasteiger partial charge in [0.25, 0.3) is 5.56 Å². The van der Waals surface area contributed by atoms with E-state index < -0.39 is 0 Å². The van der Waals surface area contributed by atoms with Crippen LogP contribution in [0.5, 0.6) is 0 Å². The first-order valence-electron chi connectivity index (χ1n) is 10.7. The highest BCUT2D eigenvalue weighted by Crippen LogP contribution is 2.48. The quantitative estimate of drug-likeness (QED) is 0.246. The Morgan fingerprint density at radius 3 is 2.26 bits per heavy atom. The van der Waals surface area contributed by atoms with Crippen LogP contribution in [0.4, 0.5) is 11.4 Å². The number of amides is 1. The van der Waals surface area contributed by atoms with E-state index in [4.69, 9.17) is 0 Å². The van der Waals surface area contributed by atoms with Crippen molar-refractivity contribution in [3.63, 3.8) is 0 Å². The number of carbonyl (C=O) groups is 1. The van der Waals surface area contributed by atoms with Crippen molar-refractivity contribution in [3.8, 4) is 0 Å². The maximum Gasteiger partial charge on any atom is 0.251 e. The van der Waals surface area contributed by atoms with Crippen LogP contribution in [0.1, 0.15) is 11.3 Å². The molecule has 3 aromatic carbocycles. The highest BCUT2D eigenvalue weighted by atomic mass is 32.2. The van der Waals surface area contributed by atoms with Gasteiger partial charge in [0.15, 0.2) is 5.16 Å². The van der Waals surface area contributed by atoms with Crippen molar-refractivity contribution < 1.29 is 4.79 Å². The summed E-state index contributed by atoms with van der Waals surface area (Å²) < 4.78 is 0. The molecule has 1 N–H and O–H groups in total. The summed E-state index contributed by atoms with van der Waals surface area (Å²) in [5, 5.41) is 0.452. The van der Waals surface area contributed by atoms with Gasteiger partial charge in [-0.15, -0.1) is 11.8 Å². The van der Waals surface area contributed by atoms with Gasteiger partial charge in [0.2, 0.25) is 5.91 Å². The van der Waals surface area contributed by atoms with E-state index in [1.165, 1.54) is 23.4 Å². The zero-order valence-corrected chi connectivity index (χ0v) is 20.8. The van der Waals surface area contributed by atoms with E-state index in [1.807, 2.05) is 48.5 Å². The van der Waals surface area contributed by atoms with Gasteiger partial charge in [-0.3, -0.25) is 14.5 Å². The van der Waals surface area contributed by atoms with Crippen LogP contribution in [0.25, 0.3) is 0 Å². The van der Waals surface area contributed by atoms with Crippen LogP contribution in [-0.2, 0) is 10.5 Å². The molecule has 5 rings (SSSR count). The Morgan fingerprint density at radius 2 is 1.59 bits per heavy atom. The Kier molecular flexibility index (Phi) is 6.80. The topological polar surface area (TPSA) is 66.1 Å². The standard InChI is InChI=1S/C26H21N3O2S3/c1-17-10-12-19(13-11-17)32-15-18-14-24(30)28-26(27-18)33-16-25(31)29-20-6-2-4-8-22(20)34-23-9-5-3-7-21(23)29/h2-14H,15-16H2,1H3,(H,27,28,30). The molecule has 1 aliphatic heterocycles. The third-order valence-electron chi connectivity index (χ3n) is 5.19. The van der Waals surface area contributed by atoms with Crippen molar-refractivity contribution >= 4 is 52.6 Å². The van der Waals surface area contributed by atoms with Gasteiger partial charge >= 0.3 is 0 Å². The van der Waals surface area contributed by atoms with Crippen molar-refractivity contribution in [2.45, 2.75) is 32.5 Å². The van der Waals surface area contributed by atoms with Crippen LogP contribution in [0.15, 0.2) is 104 Å². The van der Waals surface area contributed by atoms with Gasteiger partial charge in [0.1, 0.15) is 0 Å². The summed E-state index contributed by atoms with van der Waals surface area (Å²) in [6.45, 7) is 2.05. The van der Waals surface area contributed by atoms with E-state index in [0.717, 1.165) is 26.1 Å². The second-order valence-electron chi connectivity index (χ2n) is 7.70. The van der Waals surface area contributed by atoms with Crippen molar-refractivity contribution in [1.82, 2.24) is 9.97 Å². The summed E-state index contributed by atoms with van der Waals surface area (Å²) >= 11 is 4.54. The molecule has 5 nitrogen and oxygen atoms in total. The number of aromatic amines is 1. The second-order valence-corrected chi connectivity index (χ2v) is 10.8. The maximum atomic E-state index is 13.4. The minimum Gasteiger partial charge on any atom is -0.301 e. The van der Waals surface area contributed by atoms with Crippen LogP contribution in [0.3, 0.4) is 0 Å². The molecule has 1 aromatic heterocycles. The number of rotatable bonds is 6. The Balaban J connectivity index is 1.31. The number of aromatic nitrogens is 2. The molecule has 0 saturated carbocycles. The van der Waals surface area contributed by atoms with Crippen molar-refractivity contribution in [3.05, 3.63) is 100 Å². The molecule has 170 valence electrons. The molecule has 8 heteroatoms. The summed E-state index contributed by atoms with van der Waals surface area (Å²) in [5.74, 6) is 0.677. The lowest BCUT2D eigenvalue weighted by molar-refractivity contribution is -0.115. The fraction of sp³-hybridized carbons (Fsp3) is 0.115. The summed E-state index contributed by atoms with van der Waals surface area (Å²) in [7, 11) is 0. The third kappa shape index (κ3) is 5.09. The molecule has 0 fully saturated rings. The number of fused-ring (bicyclic) bond motifs is 2. The van der Waals surface area contributed by atoms with Gasteiger partial charge in [-0.2, -0.15) is 0 Å². The molecule has 0 radical (unpaired) electrons. The first kappa shape index (κ1) is 22.8. The lowest BCUT2D eigenvalue weighted by Crippen LogP contribution is -2.30. The average Bonchev–Trinajstić information content (AvgIpc) is 2.85. The van der Waals surface area contributed by atoms with E-state index in [2.05, 4.69) is 41.2 Å². The Bertz CT molecular complexity index is 1360. The van der Waals surface area contributed by atoms with Crippen LogP contribution in [-0.4, -0.2) is 21.6 Å². The van der Waals surface area contributed by atoms with Gasteiger partial charge in [0, 0.05) is 26.5 Å². The SMILES string of the molecule is Cc1ccc(SCc2cc(=O)[nH]c(SCC(=O)N3c4ccccc4Sc4ccccc43)n2)cc1. The number of carbonyl (C=O) groups excluding carboxylic acids is 1. The normalized spacial score (nSPS) is 12.2. The van der Waals surface area contributed by atoms with Gasteiger partial charge in [-0.25, -0.2) is 4.98 Å². The minimum absolute atomic E-state index is 0.0627. The molecule has 0 saturated heterocycles. The van der Waals surface area contributed by atoms with Crippen LogP contribution < -0.4 is 10.5 Å². The van der Waals surface area contributed by atoms with Gasteiger partial charge < -0.3 is 4.98 Å². The average molecular weight is 504 g/mol. The zero-order valence-electron chi connectivity index (χ0n) is 18.4. The van der Waals surface area contributed by atoms with E-state index in [0.29, 0.717) is 16.6 Å². The van der Waals surface area contributed by atoms with Crippen molar-refractivity contribution in [2.24, 2.45) is 0 Å². The summed E-state index contributed by atoms with van der Waals surface area (Å²) in [4.78, 5) is 37.9. The van der Waals surface area contributed by atoms with Gasteiger partial charge in [0.05, 0.1) is 22.8 Å². The number of H-pyrrole nitrogens is 1. The van der Waals surface area contributed by atoms with Crippen LogP contribution >= 0.6 is 35.3 Å². The number of nitrogens with one attached hydrogen (secondary N) is 1. The second kappa shape index (κ2) is 10.1. The molecule has 0 unspecified atom stereocenters. The fourth-order valence-corrected chi connectivity index (χ4v) is 6.18. The number of aryl methyl sites for hydroxylation is 1. The monoisotopic (exact) mass is 503 g/mol. The van der Waals surface area contributed by atoms with E-state index in [1.54, 1.807) is 28.4 Å². The van der Waals surface area contributed by atoms with Crippen molar-refractivity contribution in [2.75, 3.05) is 10.7 Å². The highest BCUT2D eigenvalue weighted by molar-refractivity contribution is 8.00. The Morgan fingerprint density at radius 1 is 0.941 bits per heavy atom. The predicted octanol–water partition coefficient (Wildman–Crippen LogP) is 6.29. The van der Waals surface area contributed by atoms with Crippen LogP contribution in [0, 0.1) is 6.92 Å². The molecule has 1 amide bonds. The summed E-state index contributed by atoms with van der Waals surface area (Å²) in [5.41, 5.74) is 3.44. The van der Waals surface area contributed by atoms with E-state index >= 15 is 0 Å². The third-order valence-corrected chi connectivity index (χ3v) is 8.23. The maximum absolute atomic E-state index is 13.4. The molecule has 2 heterocycles. The van der Waals surface area contributed by atoms with E-state index in [-0.39, 0.29) is 17.2 Å². The molecule has 1 aliphatic rings. The molecule has 4 aromatic rings. The number of nitrogens with zero attached hydrogens (tertiary/aromatic N) is 2. The Labute approximate surface area is 210 Å². The molecule has 0 bridgehead atoms. The molecule has 0 spiro atoms. The van der Waals surface area contributed by atoms with E-state index in [9.17, 15) is 9.59 Å². The number of para-hydroxylation sites is 2. The first-order chi connectivity index (χ1) is 16.6. The minimum atomic E-state index is -0.213. The summed E-state index contributed by atoms with van der Waals surface area (Å²) in [6, 6.07) is 25.6. The predicted molar refractivity (Wildman–Crippen MR) is 140 cm³/mol. The zero-order chi connectivity index (χ0) is 23.5. The lowest BCUT2D eigenvalue weighted by Gasteiger charge is -2.30. The lowest BCUT2D eigenvalue weighted by atomic mass is 10.2. The molecule has 34 heavy (non-hydrogen) atoms. The molecular weight excluding hydrogens is 483 g/mol. The summed E-state index contributed by atoms with van der Waals surface area (Å²) in [6.07, 6.45) is 0. The number of thioether (sulfide) groups is 2. The molecule has 0 aliphatic carbocycles. The van der Waals surface area contributed by atoms with Crippen molar-refractivity contribution in [1.29, 1.82) is 0 Å².